The zero-order valence-electron chi connectivity index (χ0n) is 13.7. The van der Waals surface area contributed by atoms with E-state index in [1.165, 1.54) is 6.42 Å². The summed E-state index contributed by atoms with van der Waals surface area (Å²) in [5.41, 5.74) is 4.78. The summed E-state index contributed by atoms with van der Waals surface area (Å²) < 4.78 is 0. The molecule has 4 N–H and O–H groups in total. The topological polar surface area (TPSA) is 99.3 Å². The van der Waals surface area contributed by atoms with Gasteiger partial charge in [-0.2, -0.15) is 0 Å². The number of thiocarbonyl (C=S) groups is 1. The van der Waals surface area contributed by atoms with E-state index in [4.69, 9.17) is 12.2 Å². The molecule has 0 heterocycles. The summed E-state index contributed by atoms with van der Waals surface area (Å²) in [6.07, 6.45) is 5.43. The van der Waals surface area contributed by atoms with Crippen LogP contribution in [0.3, 0.4) is 0 Å². The van der Waals surface area contributed by atoms with Crippen LogP contribution < -0.4 is 21.5 Å². The van der Waals surface area contributed by atoms with Crippen LogP contribution in [0.1, 0.15) is 52.4 Å². The van der Waals surface area contributed by atoms with Crippen LogP contribution in [0.2, 0.25) is 0 Å². The van der Waals surface area contributed by atoms with Gasteiger partial charge >= 0.3 is 0 Å². The maximum Gasteiger partial charge on any atom is 0.257 e. The molecule has 0 aromatic heterocycles. The monoisotopic (exact) mass is 342 g/mol. The summed E-state index contributed by atoms with van der Waals surface area (Å²) in [6, 6.07) is 0. The SMILES string of the molecule is CC(C)CC(=O)NC(=S)NNC(=O)CNC(=O)C1CCCCC1. The minimum absolute atomic E-state index is 0.0147. The number of hydrazine groups is 1. The second-order valence-corrected chi connectivity index (χ2v) is 6.61. The van der Waals surface area contributed by atoms with Gasteiger partial charge in [-0.1, -0.05) is 33.1 Å². The molecule has 0 radical (unpaired) electrons. The summed E-state index contributed by atoms with van der Waals surface area (Å²) in [6.45, 7) is 3.73. The second-order valence-electron chi connectivity index (χ2n) is 6.20. The molecule has 0 aromatic carbocycles. The van der Waals surface area contributed by atoms with Crippen molar-refractivity contribution in [1.82, 2.24) is 21.5 Å². The van der Waals surface area contributed by atoms with Gasteiger partial charge in [-0.25, -0.2) is 0 Å². The Bertz CT molecular complexity index is 448. The van der Waals surface area contributed by atoms with Crippen molar-refractivity contribution in [3.05, 3.63) is 0 Å². The van der Waals surface area contributed by atoms with Gasteiger partial charge in [-0.3, -0.25) is 25.2 Å². The van der Waals surface area contributed by atoms with E-state index in [1.54, 1.807) is 0 Å². The molecule has 130 valence electrons. The normalized spacial score (nSPS) is 14.9. The molecule has 0 saturated heterocycles. The number of carbonyl (C=O) groups excluding carboxylic acids is 3. The van der Waals surface area contributed by atoms with Crippen LogP contribution in [0, 0.1) is 11.8 Å². The van der Waals surface area contributed by atoms with E-state index in [-0.39, 0.29) is 35.3 Å². The Morgan fingerprint density at radius 1 is 1.04 bits per heavy atom. The molecule has 0 aliphatic heterocycles. The third-order valence-corrected chi connectivity index (χ3v) is 3.77. The summed E-state index contributed by atoms with van der Waals surface area (Å²) in [4.78, 5) is 35.0. The summed E-state index contributed by atoms with van der Waals surface area (Å²) in [5, 5.41) is 5.11. The fraction of sp³-hybridized carbons (Fsp3) is 0.733. The zero-order chi connectivity index (χ0) is 17.2. The van der Waals surface area contributed by atoms with Crippen molar-refractivity contribution in [2.45, 2.75) is 52.4 Å². The van der Waals surface area contributed by atoms with Gasteiger partial charge < -0.3 is 10.6 Å². The first-order valence-corrected chi connectivity index (χ1v) is 8.45. The molecule has 0 atom stereocenters. The predicted molar refractivity (Wildman–Crippen MR) is 91.1 cm³/mol. The smallest absolute Gasteiger partial charge is 0.257 e. The lowest BCUT2D eigenvalue weighted by molar-refractivity contribution is -0.129. The van der Waals surface area contributed by atoms with Crippen LogP contribution in [0.25, 0.3) is 0 Å². The van der Waals surface area contributed by atoms with Crippen molar-refractivity contribution in [1.29, 1.82) is 0 Å². The molecule has 0 unspecified atom stereocenters. The number of hydrogen-bond donors (Lipinski definition) is 4. The van der Waals surface area contributed by atoms with Crippen LogP contribution >= 0.6 is 12.2 Å². The van der Waals surface area contributed by atoms with Crippen molar-refractivity contribution in [3.8, 4) is 0 Å². The fourth-order valence-electron chi connectivity index (χ4n) is 2.43. The van der Waals surface area contributed by atoms with E-state index in [2.05, 4.69) is 21.5 Å². The van der Waals surface area contributed by atoms with Crippen LogP contribution in [-0.2, 0) is 14.4 Å². The van der Waals surface area contributed by atoms with Crippen molar-refractivity contribution in [2.24, 2.45) is 11.8 Å². The molecule has 7 nitrogen and oxygen atoms in total. The average molecular weight is 342 g/mol. The lowest BCUT2D eigenvalue weighted by atomic mass is 9.89. The van der Waals surface area contributed by atoms with E-state index in [9.17, 15) is 14.4 Å². The Kier molecular flexibility index (Phi) is 8.53. The Balaban J connectivity index is 2.17. The number of nitrogens with one attached hydrogen (secondary N) is 4. The standard InChI is InChI=1S/C15H26N4O3S/c1-10(2)8-12(20)17-15(23)19-18-13(21)9-16-14(22)11-6-4-3-5-7-11/h10-11H,3-9H2,1-2H3,(H,16,22)(H,18,21)(H2,17,19,20,23). The molecule has 3 amide bonds. The summed E-state index contributed by atoms with van der Waals surface area (Å²) in [7, 11) is 0. The minimum atomic E-state index is -0.422. The Morgan fingerprint density at radius 2 is 1.70 bits per heavy atom. The molecule has 8 heteroatoms. The molecule has 1 aliphatic carbocycles. The first-order valence-electron chi connectivity index (χ1n) is 8.05. The molecular formula is C15H26N4O3S. The van der Waals surface area contributed by atoms with Gasteiger partial charge in [0.15, 0.2) is 5.11 Å². The van der Waals surface area contributed by atoms with Crippen molar-refractivity contribution >= 4 is 35.1 Å². The maximum absolute atomic E-state index is 11.9. The molecule has 1 aliphatic rings. The van der Waals surface area contributed by atoms with Gasteiger partial charge in [0.25, 0.3) is 5.91 Å². The molecule has 0 bridgehead atoms. The molecular weight excluding hydrogens is 316 g/mol. The summed E-state index contributed by atoms with van der Waals surface area (Å²) in [5.74, 6) is -0.470. The second kappa shape index (κ2) is 10.1. The van der Waals surface area contributed by atoms with Crippen LogP contribution in [0.15, 0.2) is 0 Å². The summed E-state index contributed by atoms with van der Waals surface area (Å²) >= 11 is 4.89. The van der Waals surface area contributed by atoms with Crippen LogP contribution in [0.4, 0.5) is 0 Å². The zero-order valence-corrected chi connectivity index (χ0v) is 14.6. The van der Waals surface area contributed by atoms with Gasteiger partial charge in [-0.05, 0) is 31.0 Å². The largest absolute Gasteiger partial charge is 0.347 e. The van der Waals surface area contributed by atoms with E-state index < -0.39 is 5.91 Å². The highest BCUT2D eigenvalue weighted by molar-refractivity contribution is 7.80. The van der Waals surface area contributed by atoms with Gasteiger partial charge in [0.1, 0.15) is 0 Å². The van der Waals surface area contributed by atoms with Gasteiger partial charge in [0.05, 0.1) is 6.54 Å². The molecule has 1 fully saturated rings. The molecule has 23 heavy (non-hydrogen) atoms. The predicted octanol–water partition coefficient (Wildman–Crippen LogP) is 0.751. The molecule has 0 aromatic rings. The fourth-order valence-corrected chi connectivity index (χ4v) is 2.59. The Morgan fingerprint density at radius 3 is 2.30 bits per heavy atom. The molecule has 0 spiro atoms. The third kappa shape index (κ3) is 8.49. The average Bonchev–Trinajstić information content (AvgIpc) is 2.50. The third-order valence-electron chi connectivity index (χ3n) is 3.56. The lowest BCUT2D eigenvalue weighted by Gasteiger charge is -2.20. The van der Waals surface area contributed by atoms with E-state index in [1.807, 2.05) is 13.8 Å². The maximum atomic E-state index is 11.9. The van der Waals surface area contributed by atoms with Crippen LogP contribution in [-0.4, -0.2) is 29.4 Å². The van der Waals surface area contributed by atoms with E-state index in [0.29, 0.717) is 6.42 Å². The highest BCUT2D eigenvalue weighted by atomic mass is 32.1. The number of carbonyl (C=O) groups is 3. The first kappa shape index (κ1) is 19.3. The van der Waals surface area contributed by atoms with Crippen molar-refractivity contribution < 1.29 is 14.4 Å². The van der Waals surface area contributed by atoms with Crippen LogP contribution in [0.5, 0.6) is 0 Å². The highest BCUT2D eigenvalue weighted by Crippen LogP contribution is 2.23. The van der Waals surface area contributed by atoms with Gasteiger partial charge in [0, 0.05) is 12.3 Å². The van der Waals surface area contributed by atoms with E-state index >= 15 is 0 Å². The molecule has 1 saturated carbocycles. The highest BCUT2D eigenvalue weighted by Gasteiger charge is 2.21. The number of hydrogen-bond acceptors (Lipinski definition) is 4. The Labute approximate surface area is 142 Å². The van der Waals surface area contributed by atoms with Crippen molar-refractivity contribution in [2.75, 3.05) is 6.54 Å². The van der Waals surface area contributed by atoms with Crippen molar-refractivity contribution in [3.63, 3.8) is 0 Å². The lowest BCUT2D eigenvalue weighted by Crippen LogP contribution is -2.51. The quantitative estimate of drug-likeness (QED) is 0.436. The van der Waals surface area contributed by atoms with E-state index in [0.717, 1.165) is 25.7 Å². The Hall–Kier alpha value is -1.70. The first-order chi connectivity index (χ1) is 10.9. The van der Waals surface area contributed by atoms with Gasteiger partial charge in [-0.15, -0.1) is 0 Å². The number of amides is 3. The molecule has 1 rings (SSSR count). The number of rotatable bonds is 5. The van der Waals surface area contributed by atoms with Gasteiger partial charge in [0.2, 0.25) is 11.8 Å². The minimum Gasteiger partial charge on any atom is -0.347 e.